The summed E-state index contributed by atoms with van der Waals surface area (Å²) in [7, 11) is 0. The van der Waals surface area contributed by atoms with Crippen molar-refractivity contribution in [1.82, 2.24) is 9.88 Å². The van der Waals surface area contributed by atoms with Gasteiger partial charge in [0.05, 0.1) is 0 Å². The van der Waals surface area contributed by atoms with Gasteiger partial charge in [-0.05, 0) is 45.2 Å². The Balaban J connectivity index is 2.20. The van der Waals surface area contributed by atoms with E-state index in [9.17, 15) is 4.79 Å². The Hall–Kier alpha value is -1.38. The van der Waals surface area contributed by atoms with Crippen LogP contribution in [-0.4, -0.2) is 27.9 Å². The highest BCUT2D eigenvalue weighted by atomic mass is 16.2. The van der Waals surface area contributed by atoms with E-state index in [-0.39, 0.29) is 5.91 Å². The average Bonchev–Trinajstić information content (AvgIpc) is 2.30. The zero-order valence-corrected chi connectivity index (χ0v) is 9.89. The number of carbonyl (C=O) groups is 1. The van der Waals surface area contributed by atoms with Crippen LogP contribution < -0.4 is 0 Å². The largest absolute Gasteiger partial charge is 0.333 e. The van der Waals surface area contributed by atoms with Gasteiger partial charge in [0.1, 0.15) is 0 Å². The molecule has 1 aromatic rings. The Bertz CT molecular complexity index is 353. The normalized spacial score (nSPS) is 25.5. The summed E-state index contributed by atoms with van der Waals surface area (Å²) in [5, 5.41) is 0. The van der Waals surface area contributed by atoms with Gasteiger partial charge in [-0.2, -0.15) is 0 Å². The summed E-state index contributed by atoms with van der Waals surface area (Å²) < 4.78 is 0. The van der Waals surface area contributed by atoms with Crippen LogP contribution in [0.1, 0.15) is 43.5 Å². The standard InChI is InChI=1S/C13H18N2O/c1-10-4-3-5-11(2)15(10)13(16)12-6-8-14-9-7-12/h6-11H,3-5H2,1-2H3/t10-,11-/m0/s1. The van der Waals surface area contributed by atoms with Crippen LogP contribution in [0.2, 0.25) is 0 Å². The minimum Gasteiger partial charge on any atom is -0.333 e. The maximum atomic E-state index is 12.3. The van der Waals surface area contributed by atoms with Crippen molar-refractivity contribution >= 4 is 5.91 Å². The van der Waals surface area contributed by atoms with Gasteiger partial charge in [-0.3, -0.25) is 9.78 Å². The predicted molar refractivity (Wildman–Crippen MR) is 63.2 cm³/mol. The molecule has 3 nitrogen and oxygen atoms in total. The van der Waals surface area contributed by atoms with Crippen LogP contribution in [0.15, 0.2) is 24.5 Å². The molecule has 0 aromatic carbocycles. The van der Waals surface area contributed by atoms with Crippen molar-refractivity contribution in [3.8, 4) is 0 Å². The number of hydrogen-bond acceptors (Lipinski definition) is 2. The highest BCUT2D eigenvalue weighted by molar-refractivity contribution is 5.94. The third kappa shape index (κ3) is 2.08. The first-order valence-electron chi connectivity index (χ1n) is 5.93. The minimum absolute atomic E-state index is 0.141. The molecule has 0 N–H and O–H groups in total. The van der Waals surface area contributed by atoms with E-state index in [2.05, 4.69) is 18.8 Å². The summed E-state index contributed by atoms with van der Waals surface area (Å²) in [6.07, 6.45) is 6.80. The summed E-state index contributed by atoms with van der Waals surface area (Å²) in [6.45, 7) is 4.27. The lowest BCUT2D eigenvalue weighted by atomic mass is 9.96. The van der Waals surface area contributed by atoms with E-state index in [1.54, 1.807) is 24.5 Å². The first-order valence-corrected chi connectivity index (χ1v) is 5.93. The number of aromatic nitrogens is 1. The van der Waals surface area contributed by atoms with Crippen LogP contribution in [0.4, 0.5) is 0 Å². The molecule has 2 heterocycles. The first kappa shape index (κ1) is 11.1. The van der Waals surface area contributed by atoms with E-state index in [4.69, 9.17) is 0 Å². The number of amides is 1. The molecule has 1 fully saturated rings. The highest BCUT2D eigenvalue weighted by Crippen LogP contribution is 2.24. The Kier molecular flexibility index (Phi) is 3.22. The van der Waals surface area contributed by atoms with Crippen molar-refractivity contribution in [3.05, 3.63) is 30.1 Å². The molecular weight excluding hydrogens is 200 g/mol. The van der Waals surface area contributed by atoms with E-state index >= 15 is 0 Å². The van der Waals surface area contributed by atoms with E-state index in [1.165, 1.54) is 6.42 Å². The van der Waals surface area contributed by atoms with Crippen LogP contribution >= 0.6 is 0 Å². The van der Waals surface area contributed by atoms with Crippen LogP contribution in [-0.2, 0) is 0 Å². The van der Waals surface area contributed by atoms with Gasteiger partial charge < -0.3 is 4.90 Å². The molecule has 2 rings (SSSR count). The molecule has 1 aliphatic heterocycles. The molecule has 0 saturated carbocycles. The minimum atomic E-state index is 0.141. The fourth-order valence-electron chi connectivity index (χ4n) is 2.47. The second-order valence-corrected chi connectivity index (χ2v) is 4.58. The summed E-state index contributed by atoms with van der Waals surface area (Å²) >= 11 is 0. The smallest absolute Gasteiger partial charge is 0.254 e. The third-order valence-corrected chi connectivity index (χ3v) is 3.36. The second-order valence-electron chi connectivity index (χ2n) is 4.58. The van der Waals surface area contributed by atoms with Gasteiger partial charge in [-0.15, -0.1) is 0 Å². The van der Waals surface area contributed by atoms with Gasteiger partial charge >= 0.3 is 0 Å². The molecule has 0 radical (unpaired) electrons. The number of rotatable bonds is 1. The van der Waals surface area contributed by atoms with Crippen molar-refractivity contribution in [1.29, 1.82) is 0 Å². The fourth-order valence-corrected chi connectivity index (χ4v) is 2.47. The molecule has 0 bridgehead atoms. The Morgan fingerprint density at radius 2 is 1.81 bits per heavy atom. The molecule has 2 atom stereocenters. The van der Waals surface area contributed by atoms with Gasteiger partial charge in [0.15, 0.2) is 0 Å². The lowest BCUT2D eigenvalue weighted by Crippen LogP contribution is -2.47. The third-order valence-electron chi connectivity index (χ3n) is 3.36. The number of piperidine rings is 1. The summed E-state index contributed by atoms with van der Waals surface area (Å²) in [5.41, 5.74) is 0.746. The first-order chi connectivity index (χ1) is 7.70. The molecule has 0 spiro atoms. The number of likely N-dealkylation sites (tertiary alicyclic amines) is 1. The molecule has 0 aliphatic carbocycles. The van der Waals surface area contributed by atoms with Gasteiger partial charge in [0.2, 0.25) is 0 Å². The fraction of sp³-hybridized carbons (Fsp3) is 0.538. The maximum absolute atomic E-state index is 12.3. The number of hydrogen-bond donors (Lipinski definition) is 0. The lowest BCUT2D eigenvalue weighted by molar-refractivity contribution is 0.0510. The van der Waals surface area contributed by atoms with Crippen LogP contribution in [0, 0.1) is 0 Å². The molecule has 1 aromatic heterocycles. The number of pyridine rings is 1. The van der Waals surface area contributed by atoms with Crippen molar-refractivity contribution in [2.24, 2.45) is 0 Å². The zero-order chi connectivity index (χ0) is 11.5. The van der Waals surface area contributed by atoms with Gasteiger partial charge in [-0.25, -0.2) is 0 Å². The van der Waals surface area contributed by atoms with Crippen LogP contribution in [0.25, 0.3) is 0 Å². The van der Waals surface area contributed by atoms with Gasteiger partial charge in [-0.1, -0.05) is 0 Å². The van der Waals surface area contributed by atoms with E-state index in [1.807, 2.05) is 4.90 Å². The monoisotopic (exact) mass is 218 g/mol. The summed E-state index contributed by atoms with van der Waals surface area (Å²) in [6, 6.07) is 4.28. The highest BCUT2D eigenvalue weighted by Gasteiger charge is 2.29. The molecule has 0 unspecified atom stereocenters. The SMILES string of the molecule is C[C@H]1CCC[C@H](C)N1C(=O)c1ccncc1. The van der Waals surface area contributed by atoms with Gasteiger partial charge in [0.25, 0.3) is 5.91 Å². The van der Waals surface area contributed by atoms with Crippen molar-refractivity contribution in [2.45, 2.75) is 45.2 Å². The topological polar surface area (TPSA) is 33.2 Å². The lowest BCUT2D eigenvalue weighted by Gasteiger charge is -2.39. The molecule has 86 valence electrons. The molecule has 16 heavy (non-hydrogen) atoms. The Morgan fingerprint density at radius 1 is 1.25 bits per heavy atom. The maximum Gasteiger partial charge on any atom is 0.254 e. The summed E-state index contributed by atoms with van der Waals surface area (Å²) in [5.74, 6) is 0.141. The Labute approximate surface area is 96.5 Å². The Morgan fingerprint density at radius 3 is 2.38 bits per heavy atom. The number of nitrogens with zero attached hydrogens (tertiary/aromatic N) is 2. The summed E-state index contributed by atoms with van der Waals surface area (Å²) in [4.78, 5) is 18.3. The molecule has 1 saturated heterocycles. The van der Waals surface area contributed by atoms with E-state index in [0.29, 0.717) is 12.1 Å². The number of carbonyl (C=O) groups excluding carboxylic acids is 1. The van der Waals surface area contributed by atoms with Crippen molar-refractivity contribution in [3.63, 3.8) is 0 Å². The molecule has 1 aliphatic rings. The van der Waals surface area contributed by atoms with E-state index < -0.39 is 0 Å². The molecule has 3 heteroatoms. The molecule has 1 amide bonds. The molecular formula is C13H18N2O. The van der Waals surface area contributed by atoms with E-state index in [0.717, 1.165) is 18.4 Å². The van der Waals surface area contributed by atoms with Crippen molar-refractivity contribution < 1.29 is 4.79 Å². The quantitative estimate of drug-likeness (QED) is 0.725. The average molecular weight is 218 g/mol. The van der Waals surface area contributed by atoms with Gasteiger partial charge in [0, 0.05) is 30.0 Å². The predicted octanol–water partition coefficient (Wildman–Crippen LogP) is 2.48. The zero-order valence-electron chi connectivity index (χ0n) is 9.89. The second kappa shape index (κ2) is 4.64. The van der Waals surface area contributed by atoms with Crippen LogP contribution in [0.3, 0.4) is 0 Å². The van der Waals surface area contributed by atoms with Crippen molar-refractivity contribution in [2.75, 3.05) is 0 Å². The van der Waals surface area contributed by atoms with Crippen LogP contribution in [0.5, 0.6) is 0 Å².